The van der Waals surface area contributed by atoms with Gasteiger partial charge in [-0.15, -0.1) is 0 Å². The SMILES string of the molecule is CCOc1ccc(-c2ccc(OC(F)F)nc2)cc1. The number of alkyl halides is 2. The molecule has 0 aliphatic rings. The molecule has 0 atom stereocenters. The molecular formula is C14H13F2NO2. The van der Waals surface area contributed by atoms with Crippen LogP contribution in [0.25, 0.3) is 11.1 Å². The van der Waals surface area contributed by atoms with Gasteiger partial charge in [-0.25, -0.2) is 4.98 Å². The summed E-state index contributed by atoms with van der Waals surface area (Å²) >= 11 is 0. The molecule has 19 heavy (non-hydrogen) atoms. The summed E-state index contributed by atoms with van der Waals surface area (Å²) in [6, 6.07) is 10.6. The van der Waals surface area contributed by atoms with Crippen molar-refractivity contribution in [1.82, 2.24) is 4.98 Å². The number of rotatable bonds is 5. The topological polar surface area (TPSA) is 31.4 Å². The molecule has 0 fully saturated rings. The Kier molecular flexibility index (Phi) is 4.28. The quantitative estimate of drug-likeness (QED) is 0.825. The summed E-state index contributed by atoms with van der Waals surface area (Å²) < 4.78 is 33.5. The number of pyridine rings is 1. The van der Waals surface area contributed by atoms with E-state index < -0.39 is 6.61 Å². The van der Waals surface area contributed by atoms with E-state index >= 15 is 0 Å². The number of nitrogens with zero attached hydrogens (tertiary/aromatic N) is 1. The zero-order chi connectivity index (χ0) is 13.7. The van der Waals surface area contributed by atoms with Gasteiger partial charge < -0.3 is 9.47 Å². The number of ether oxygens (including phenoxy) is 2. The molecular weight excluding hydrogens is 252 g/mol. The molecule has 0 spiro atoms. The van der Waals surface area contributed by atoms with Gasteiger partial charge in [-0.3, -0.25) is 0 Å². The van der Waals surface area contributed by atoms with Crippen LogP contribution in [0.4, 0.5) is 8.78 Å². The Labute approximate surface area is 109 Å². The summed E-state index contributed by atoms with van der Waals surface area (Å²) in [6.07, 6.45) is 1.49. The third-order valence-corrected chi connectivity index (χ3v) is 2.44. The molecule has 5 heteroatoms. The normalized spacial score (nSPS) is 10.5. The molecule has 0 amide bonds. The van der Waals surface area contributed by atoms with Gasteiger partial charge >= 0.3 is 6.61 Å². The minimum Gasteiger partial charge on any atom is -0.494 e. The number of benzene rings is 1. The van der Waals surface area contributed by atoms with E-state index in [1.807, 2.05) is 31.2 Å². The molecule has 1 aromatic heterocycles. The van der Waals surface area contributed by atoms with E-state index in [1.165, 1.54) is 12.3 Å². The molecule has 100 valence electrons. The van der Waals surface area contributed by atoms with E-state index in [2.05, 4.69) is 9.72 Å². The van der Waals surface area contributed by atoms with E-state index in [0.717, 1.165) is 16.9 Å². The van der Waals surface area contributed by atoms with Crippen molar-refractivity contribution >= 4 is 0 Å². The van der Waals surface area contributed by atoms with Crippen LogP contribution in [0.2, 0.25) is 0 Å². The summed E-state index contributed by atoms with van der Waals surface area (Å²) in [4.78, 5) is 3.82. The third kappa shape index (κ3) is 3.64. The van der Waals surface area contributed by atoms with E-state index in [1.54, 1.807) is 6.07 Å². The van der Waals surface area contributed by atoms with Gasteiger partial charge in [-0.2, -0.15) is 8.78 Å². The van der Waals surface area contributed by atoms with Crippen molar-refractivity contribution in [2.75, 3.05) is 6.61 Å². The van der Waals surface area contributed by atoms with Gasteiger partial charge in [-0.05, 0) is 30.7 Å². The average Bonchev–Trinajstić information content (AvgIpc) is 2.40. The van der Waals surface area contributed by atoms with Gasteiger partial charge in [0, 0.05) is 17.8 Å². The zero-order valence-corrected chi connectivity index (χ0v) is 10.3. The van der Waals surface area contributed by atoms with Crippen molar-refractivity contribution in [2.45, 2.75) is 13.5 Å². The molecule has 2 aromatic rings. The van der Waals surface area contributed by atoms with Crippen LogP contribution in [0.1, 0.15) is 6.92 Å². The fourth-order valence-corrected chi connectivity index (χ4v) is 1.62. The summed E-state index contributed by atoms with van der Waals surface area (Å²) in [5.74, 6) is 0.696. The first-order valence-corrected chi connectivity index (χ1v) is 5.83. The summed E-state index contributed by atoms with van der Waals surface area (Å²) in [5.41, 5.74) is 1.75. The molecule has 1 aromatic carbocycles. The van der Waals surface area contributed by atoms with Gasteiger partial charge in [0.05, 0.1) is 6.61 Å². The predicted molar refractivity (Wildman–Crippen MR) is 67.5 cm³/mol. The molecule has 2 rings (SSSR count). The zero-order valence-electron chi connectivity index (χ0n) is 10.3. The first kappa shape index (κ1) is 13.3. The lowest BCUT2D eigenvalue weighted by Gasteiger charge is -2.06. The Morgan fingerprint density at radius 3 is 2.26 bits per heavy atom. The highest BCUT2D eigenvalue weighted by atomic mass is 19.3. The van der Waals surface area contributed by atoms with E-state index in [0.29, 0.717) is 6.61 Å². The van der Waals surface area contributed by atoms with Crippen LogP contribution >= 0.6 is 0 Å². The number of hydrogen-bond donors (Lipinski definition) is 0. The van der Waals surface area contributed by atoms with Gasteiger partial charge in [0.2, 0.25) is 5.88 Å². The fraction of sp³-hybridized carbons (Fsp3) is 0.214. The second-order valence-corrected chi connectivity index (χ2v) is 3.72. The highest BCUT2D eigenvalue weighted by Crippen LogP contribution is 2.23. The Morgan fingerprint density at radius 1 is 1.05 bits per heavy atom. The van der Waals surface area contributed by atoms with Crippen LogP contribution < -0.4 is 9.47 Å². The Balaban J connectivity index is 2.13. The van der Waals surface area contributed by atoms with Crippen molar-refractivity contribution in [1.29, 1.82) is 0 Å². The van der Waals surface area contributed by atoms with Crippen LogP contribution in [0.15, 0.2) is 42.6 Å². The maximum absolute atomic E-state index is 12.0. The predicted octanol–water partition coefficient (Wildman–Crippen LogP) is 3.75. The molecule has 0 radical (unpaired) electrons. The van der Waals surface area contributed by atoms with Gasteiger partial charge in [0.1, 0.15) is 5.75 Å². The largest absolute Gasteiger partial charge is 0.494 e. The fourth-order valence-electron chi connectivity index (χ4n) is 1.62. The lowest BCUT2D eigenvalue weighted by atomic mass is 10.1. The first-order valence-electron chi connectivity index (χ1n) is 5.83. The minimum atomic E-state index is -2.86. The standard InChI is InChI=1S/C14H13F2NO2/c1-2-18-12-6-3-10(4-7-12)11-5-8-13(17-9-11)19-14(15)16/h3-9,14H,2H2,1H3. The second-order valence-electron chi connectivity index (χ2n) is 3.72. The lowest BCUT2D eigenvalue weighted by Crippen LogP contribution is -2.03. The van der Waals surface area contributed by atoms with E-state index in [9.17, 15) is 8.78 Å². The summed E-state index contributed by atoms with van der Waals surface area (Å²) in [5, 5.41) is 0. The van der Waals surface area contributed by atoms with Crippen LogP contribution in [-0.2, 0) is 0 Å². The maximum atomic E-state index is 12.0. The van der Waals surface area contributed by atoms with Gasteiger partial charge in [0.25, 0.3) is 0 Å². The Hall–Kier alpha value is -2.17. The lowest BCUT2D eigenvalue weighted by molar-refractivity contribution is -0.0528. The van der Waals surface area contributed by atoms with Crippen molar-refractivity contribution < 1.29 is 18.3 Å². The van der Waals surface area contributed by atoms with Crippen LogP contribution in [-0.4, -0.2) is 18.2 Å². The van der Waals surface area contributed by atoms with Gasteiger partial charge in [0.15, 0.2) is 0 Å². The van der Waals surface area contributed by atoms with Gasteiger partial charge in [-0.1, -0.05) is 12.1 Å². The summed E-state index contributed by atoms with van der Waals surface area (Å²) in [6.45, 7) is -0.330. The van der Waals surface area contributed by atoms with E-state index in [4.69, 9.17) is 4.74 Å². The molecule has 1 heterocycles. The monoisotopic (exact) mass is 265 g/mol. The Morgan fingerprint density at radius 2 is 1.74 bits per heavy atom. The van der Waals surface area contributed by atoms with Crippen molar-refractivity contribution in [3.63, 3.8) is 0 Å². The first-order chi connectivity index (χ1) is 9.19. The molecule has 0 aliphatic heterocycles. The molecule has 0 N–H and O–H groups in total. The van der Waals surface area contributed by atoms with Crippen molar-refractivity contribution in [2.24, 2.45) is 0 Å². The molecule has 0 unspecified atom stereocenters. The van der Waals surface area contributed by atoms with Crippen molar-refractivity contribution in [3.8, 4) is 22.8 Å². The second kappa shape index (κ2) is 6.13. The highest BCUT2D eigenvalue weighted by molar-refractivity contribution is 5.63. The average molecular weight is 265 g/mol. The smallest absolute Gasteiger partial charge is 0.388 e. The van der Waals surface area contributed by atoms with Crippen LogP contribution in [0, 0.1) is 0 Å². The molecule has 3 nitrogen and oxygen atoms in total. The molecule has 0 aliphatic carbocycles. The molecule has 0 saturated carbocycles. The maximum Gasteiger partial charge on any atom is 0.388 e. The third-order valence-electron chi connectivity index (χ3n) is 2.44. The molecule has 0 bridgehead atoms. The molecule has 0 saturated heterocycles. The van der Waals surface area contributed by atoms with Crippen LogP contribution in [0.3, 0.4) is 0 Å². The van der Waals surface area contributed by atoms with E-state index in [-0.39, 0.29) is 5.88 Å². The highest BCUT2D eigenvalue weighted by Gasteiger charge is 2.05. The van der Waals surface area contributed by atoms with Crippen molar-refractivity contribution in [3.05, 3.63) is 42.6 Å². The number of aromatic nitrogens is 1. The Bertz CT molecular complexity index is 512. The van der Waals surface area contributed by atoms with Crippen LogP contribution in [0.5, 0.6) is 11.6 Å². The number of hydrogen-bond acceptors (Lipinski definition) is 3. The summed E-state index contributed by atoms with van der Waals surface area (Å²) in [7, 11) is 0. The number of halogens is 2. The minimum absolute atomic E-state index is 0.0929.